The van der Waals surface area contributed by atoms with Crippen molar-refractivity contribution in [1.29, 1.82) is 0 Å². The van der Waals surface area contributed by atoms with E-state index >= 15 is 0 Å². The van der Waals surface area contributed by atoms with Gasteiger partial charge < -0.3 is 4.90 Å². The fourth-order valence-electron chi connectivity index (χ4n) is 2.81. The monoisotopic (exact) mass is 388 g/mol. The molecule has 25 heavy (non-hydrogen) atoms. The highest BCUT2D eigenvalue weighted by molar-refractivity contribution is 7.91. The van der Waals surface area contributed by atoms with Crippen molar-refractivity contribution in [2.24, 2.45) is 0 Å². The smallest absolute Gasteiger partial charge is 0.253 e. The molecule has 1 aliphatic rings. The van der Waals surface area contributed by atoms with Crippen LogP contribution in [0.2, 0.25) is 0 Å². The summed E-state index contributed by atoms with van der Waals surface area (Å²) in [6.07, 6.45) is 0. The van der Waals surface area contributed by atoms with Crippen LogP contribution < -0.4 is 0 Å². The Balaban J connectivity index is 2.34. The standard InChI is InChI=1S/C16H24N2O5S2/c1-4-18(5-2)25(22,23)15-12-14(7-6-13(15)3)16(19)17-8-10-24(20,21)11-9-17/h6-7,12H,4-5,8-11H2,1-3H3. The maximum atomic E-state index is 12.8. The van der Waals surface area contributed by atoms with Gasteiger partial charge in [0.25, 0.3) is 5.91 Å². The molecule has 0 saturated carbocycles. The van der Waals surface area contributed by atoms with Gasteiger partial charge >= 0.3 is 0 Å². The molecule has 140 valence electrons. The van der Waals surface area contributed by atoms with Crippen molar-refractivity contribution < 1.29 is 21.6 Å². The number of amides is 1. The van der Waals surface area contributed by atoms with E-state index in [2.05, 4.69) is 0 Å². The van der Waals surface area contributed by atoms with E-state index in [1.165, 1.54) is 15.3 Å². The zero-order chi connectivity index (χ0) is 18.8. The molecule has 0 N–H and O–H groups in total. The second-order valence-electron chi connectivity index (χ2n) is 6.01. The van der Waals surface area contributed by atoms with Crippen LogP contribution in [-0.2, 0) is 19.9 Å². The molecule has 1 heterocycles. The number of nitrogens with zero attached hydrogens (tertiary/aromatic N) is 2. The quantitative estimate of drug-likeness (QED) is 0.747. The highest BCUT2D eigenvalue weighted by atomic mass is 32.2. The summed E-state index contributed by atoms with van der Waals surface area (Å²) in [7, 11) is -6.75. The Hall–Kier alpha value is -1.45. The predicted octanol–water partition coefficient (Wildman–Crippen LogP) is 0.896. The Morgan fingerprint density at radius 2 is 1.72 bits per heavy atom. The van der Waals surface area contributed by atoms with Crippen LogP contribution in [0.3, 0.4) is 0 Å². The molecular formula is C16H24N2O5S2. The molecule has 0 unspecified atom stereocenters. The molecule has 0 spiro atoms. The first kappa shape index (κ1) is 19.9. The van der Waals surface area contributed by atoms with Gasteiger partial charge in [-0.3, -0.25) is 4.79 Å². The first-order chi connectivity index (χ1) is 11.6. The molecule has 1 fully saturated rings. The van der Waals surface area contributed by atoms with Crippen molar-refractivity contribution in [3.05, 3.63) is 29.3 Å². The van der Waals surface area contributed by atoms with Crippen LogP contribution in [0.5, 0.6) is 0 Å². The van der Waals surface area contributed by atoms with Crippen LogP contribution in [-0.4, -0.2) is 69.6 Å². The summed E-state index contributed by atoms with van der Waals surface area (Å²) < 4.78 is 49.9. The van der Waals surface area contributed by atoms with Crippen molar-refractivity contribution >= 4 is 25.8 Å². The normalized spacial score (nSPS) is 17.7. The van der Waals surface area contributed by atoms with Gasteiger partial charge in [0, 0.05) is 31.7 Å². The summed E-state index contributed by atoms with van der Waals surface area (Å²) in [5.41, 5.74) is 0.834. The molecule has 1 aromatic carbocycles. The average Bonchev–Trinajstić information content (AvgIpc) is 2.55. The van der Waals surface area contributed by atoms with Gasteiger partial charge in [0.1, 0.15) is 0 Å². The van der Waals surface area contributed by atoms with Crippen molar-refractivity contribution in [2.75, 3.05) is 37.7 Å². The predicted molar refractivity (Wildman–Crippen MR) is 95.8 cm³/mol. The highest BCUT2D eigenvalue weighted by Crippen LogP contribution is 2.22. The van der Waals surface area contributed by atoms with Gasteiger partial charge in [0.2, 0.25) is 10.0 Å². The maximum Gasteiger partial charge on any atom is 0.253 e. The summed E-state index contributed by atoms with van der Waals surface area (Å²) in [6, 6.07) is 4.60. The summed E-state index contributed by atoms with van der Waals surface area (Å²) in [6.45, 7) is 6.18. The lowest BCUT2D eigenvalue weighted by atomic mass is 10.1. The Kier molecular flexibility index (Phi) is 5.90. The third-order valence-electron chi connectivity index (χ3n) is 4.39. The molecule has 0 bridgehead atoms. The summed E-state index contributed by atoms with van der Waals surface area (Å²) in [4.78, 5) is 14.2. The van der Waals surface area contributed by atoms with Crippen molar-refractivity contribution in [2.45, 2.75) is 25.7 Å². The molecule has 0 aliphatic carbocycles. The molecule has 1 aliphatic heterocycles. The number of carbonyl (C=O) groups excluding carboxylic acids is 1. The van der Waals surface area contributed by atoms with Crippen LogP contribution in [0.15, 0.2) is 23.1 Å². The van der Waals surface area contributed by atoms with Crippen LogP contribution in [0.1, 0.15) is 29.8 Å². The molecular weight excluding hydrogens is 364 g/mol. The fourth-order valence-corrected chi connectivity index (χ4v) is 5.72. The number of sulfone groups is 1. The summed E-state index contributed by atoms with van der Waals surface area (Å²) >= 11 is 0. The third kappa shape index (κ3) is 4.21. The van der Waals surface area contributed by atoms with Crippen molar-refractivity contribution in [3.8, 4) is 0 Å². The van der Waals surface area contributed by atoms with Gasteiger partial charge in [-0.25, -0.2) is 16.8 Å². The number of carbonyl (C=O) groups is 1. The van der Waals surface area contributed by atoms with Gasteiger partial charge in [-0.05, 0) is 24.6 Å². The maximum absolute atomic E-state index is 12.8. The SMILES string of the molecule is CCN(CC)S(=O)(=O)c1cc(C(=O)N2CCS(=O)(=O)CC2)ccc1C. The van der Waals surface area contributed by atoms with Gasteiger partial charge in [0.05, 0.1) is 16.4 Å². The molecule has 1 saturated heterocycles. The molecule has 9 heteroatoms. The van der Waals surface area contributed by atoms with Gasteiger partial charge in [-0.1, -0.05) is 19.9 Å². The lowest BCUT2D eigenvalue weighted by Crippen LogP contribution is -2.43. The molecule has 7 nitrogen and oxygen atoms in total. The summed E-state index contributed by atoms with van der Waals surface area (Å²) in [5.74, 6) is -0.462. The van der Waals surface area contributed by atoms with E-state index in [0.717, 1.165) is 0 Å². The Morgan fingerprint density at radius 3 is 2.24 bits per heavy atom. The number of hydrogen-bond acceptors (Lipinski definition) is 5. The van der Waals surface area contributed by atoms with Crippen LogP contribution in [0.4, 0.5) is 0 Å². The Bertz CT molecular complexity index is 845. The number of hydrogen-bond donors (Lipinski definition) is 0. The number of benzene rings is 1. The number of aryl methyl sites for hydroxylation is 1. The second kappa shape index (κ2) is 7.43. The molecule has 0 atom stereocenters. The topological polar surface area (TPSA) is 91.8 Å². The zero-order valence-electron chi connectivity index (χ0n) is 14.7. The van der Waals surface area contributed by atoms with E-state index in [9.17, 15) is 21.6 Å². The molecule has 1 amide bonds. The van der Waals surface area contributed by atoms with E-state index in [0.29, 0.717) is 18.7 Å². The van der Waals surface area contributed by atoms with E-state index in [4.69, 9.17) is 0 Å². The average molecular weight is 389 g/mol. The molecule has 2 rings (SSSR count). The minimum absolute atomic E-state index is 0.0603. The van der Waals surface area contributed by atoms with Crippen LogP contribution >= 0.6 is 0 Å². The fraction of sp³-hybridized carbons (Fsp3) is 0.562. The third-order valence-corrected chi connectivity index (χ3v) is 8.19. The minimum Gasteiger partial charge on any atom is -0.337 e. The zero-order valence-corrected chi connectivity index (χ0v) is 16.4. The first-order valence-corrected chi connectivity index (χ1v) is 11.5. The highest BCUT2D eigenvalue weighted by Gasteiger charge is 2.28. The molecule has 1 aromatic rings. The molecule has 0 aromatic heterocycles. The molecule has 0 radical (unpaired) electrons. The van der Waals surface area contributed by atoms with Gasteiger partial charge in [-0.2, -0.15) is 4.31 Å². The Labute approximate surface area is 149 Å². The van der Waals surface area contributed by atoms with Crippen LogP contribution in [0, 0.1) is 6.92 Å². The second-order valence-corrected chi connectivity index (χ2v) is 10.2. The van der Waals surface area contributed by atoms with Crippen molar-refractivity contribution in [3.63, 3.8) is 0 Å². The van der Waals surface area contributed by atoms with E-state index < -0.39 is 19.9 Å². The van der Waals surface area contributed by atoms with Crippen LogP contribution in [0.25, 0.3) is 0 Å². The van der Waals surface area contributed by atoms with Gasteiger partial charge in [0.15, 0.2) is 9.84 Å². The van der Waals surface area contributed by atoms with E-state index in [-0.39, 0.29) is 41.0 Å². The van der Waals surface area contributed by atoms with E-state index in [1.807, 2.05) is 0 Å². The van der Waals surface area contributed by atoms with Crippen molar-refractivity contribution in [1.82, 2.24) is 9.21 Å². The number of sulfonamides is 1. The van der Waals surface area contributed by atoms with E-state index in [1.54, 1.807) is 32.9 Å². The number of rotatable bonds is 5. The largest absolute Gasteiger partial charge is 0.337 e. The van der Waals surface area contributed by atoms with Gasteiger partial charge in [-0.15, -0.1) is 0 Å². The summed E-state index contributed by atoms with van der Waals surface area (Å²) in [5, 5.41) is 0. The minimum atomic E-state index is -3.67. The lowest BCUT2D eigenvalue weighted by Gasteiger charge is -2.27. The first-order valence-electron chi connectivity index (χ1n) is 8.23. The lowest BCUT2D eigenvalue weighted by molar-refractivity contribution is 0.0770. The Morgan fingerprint density at radius 1 is 1.16 bits per heavy atom.